The molecule has 2 aromatic carbocycles. The summed E-state index contributed by atoms with van der Waals surface area (Å²) >= 11 is 0. The van der Waals surface area contributed by atoms with Gasteiger partial charge in [-0.05, 0) is 42.3 Å². The lowest BCUT2D eigenvalue weighted by atomic mass is 9.86. The Morgan fingerprint density at radius 2 is 1.92 bits per heavy atom. The van der Waals surface area contributed by atoms with E-state index in [1.54, 1.807) is 30.3 Å². The fourth-order valence-corrected chi connectivity index (χ4v) is 4.90. The van der Waals surface area contributed by atoms with E-state index in [9.17, 15) is 22.2 Å². The summed E-state index contributed by atoms with van der Waals surface area (Å²) in [5.74, 6) is 0.406. The van der Waals surface area contributed by atoms with Gasteiger partial charge in [0.2, 0.25) is 5.16 Å². The molecule has 1 atom stereocenters. The summed E-state index contributed by atoms with van der Waals surface area (Å²) in [7, 11) is 0.205. The molecule has 2 aliphatic rings. The lowest BCUT2D eigenvalue weighted by molar-refractivity contribution is -0.137. The molecular formula is C25H24F3N5O3S. The second-order valence-electron chi connectivity index (χ2n) is 9.16. The van der Waals surface area contributed by atoms with E-state index in [4.69, 9.17) is 4.74 Å². The molecule has 0 bridgehead atoms. The zero-order valence-electron chi connectivity index (χ0n) is 20.3. The number of nitrogens with zero attached hydrogens (tertiary/aromatic N) is 4. The van der Waals surface area contributed by atoms with Gasteiger partial charge in [0.15, 0.2) is 0 Å². The fourth-order valence-electron chi connectivity index (χ4n) is 4.49. The molecule has 3 aromatic rings. The molecule has 2 aliphatic heterocycles. The molecule has 1 saturated heterocycles. The Labute approximate surface area is 213 Å². The fraction of sp³-hybridized carbons (Fsp3) is 0.320. The van der Waals surface area contributed by atoms with Crippen molar-refractivity contribution in [3.8, 4) is 0 Å². The minimum Gasteiger partial charge on any atom is -0.376 e. The number of benzene rings is 2. The number of anilines is 3. The minimum atomic E-state index is -4.45. The van der Waals surface area contributed by atoms with Crippen molar-refractivity contribution in [2.24, 2.45) is 0 Å². The summed E-state index contributed by atoms with van der Waals surface area (Å²) < 4.78 is 57.2. The first-order valence-corrected chi connectivity index (χ1v) is 12.9. The van der Waals surface area contributed by atoms with Gasteiger partial charge in [0, 0.05) is 30.8 Å². The molecule has 2 amide bonds. The van der Waals surface area contributed by atoms with Crippen LogP contribution in [-0.2, 0) is 33.8 Å². The van der Waals surface area contributed by atoms with Crippen LogP contribution in [0.15, 0.2) is 53.8 Å². The summed E-state index contributed by atoms with van der Waals surface area (Å²) in [5.41, 5.74) is 1.72. The summed E-state index contributed by atoms with van der Waals surface area (Å²) in [6.07, 6.45) is -1.41. The third-order valence-electron chi connectivity index (χ3n) is 6.56. The summed E-state index contributed by atoms with van der Waals surface area (Å²) in [5, 5.41) is 3.51. The largest absolute Gasteiger partial charge is 0.416 e. The van der Waals surface area contributed by atoms with Gasteiger partial charge in [-0.3, -0.25) is 14.0 Å². The molecule has 37 heavy (non-hydrogen) atoms. The van der Waals surface area contributed by atoms with Crippen molar-refractivity contribution in [2.75, 3.05) is 41.6 Å². The highest BCUT2D eigenvalue weighted by atomic mass is 32.2. The van der Waals surface area contributed by atoms with Crippen LogP contribution in [0.2, 0.25) is 0 Å². The highest BCUT2D eigenvalue weighted by Gasteiger charge is 2.42. The highest BCUT2D eigenvalue weighted by molar-refractivity contribution is 7.84. The van der Waals surface area contributed by atoms with Crippen LogP contribution in [0.5, 0.6) is 0 Å². The van der Waals surface area contributed by atoms with Crippen LogP contribution in [0.1, 0.15) is 22.3 Å². The highest BCUT2D eigenvalue weighted by Crippen LogP contribution is 2.39. The maximum absolute atomic E-state index is 13.3. The quantitative estimate of drug-likeness (QED) is 0.490. The van der Waals surface area contributed by atoms with E-state index in [-0.39, 0.29) is 30.9 Å². The summed E-state index contributed by atoms with van der Waals surface area (Å²) in [6.45, 7) is 2.49. The molecule has 1 unspecified atom stereocenters. The van der Waals surface area contributed by atoms with Gasteiger partial charge in [0.25, 0.3) is 0 Å². The third-order valence-corrected chi connectivity index (χ3v) is 7.27. The van der Waals surface area contributed by atoms with Gasteiger partial charge in [-0.2, -0.15) is 13.2 Å². The average molecular weight is 532 g/mol. The van der Waals surface area contributed by atoms with Crippen LogP contribution in [-0.4, -0.2) is 46.7 Å². The second-order valence-corrected chi connectivity index (χ2v) is 10.4. The Morgan fingerprint density at radius 3 is 2.57 bits per heavy atom. The van der Waals surface area contributed by atoms with Crippen LogP contribution in [0, 0.1) is 6.92 Å². The molecule has 12 heteroatoms. The minimum absolute atomic E-state index is 0.150. The van der Waals surface area contributed by atoms with Crippen molar-refractivity contribution in [3.63, 3.8) is 0 Å². The Bertz CT molecular complexity index is 1410. The maximum Gasteiger partial charge on any atom is 0.416 e. The predicted molar refractivity (Wildman–Crippen MR) is 133 cm³/mol. The monoisotopic (exact) mass is 531 g/mol. The van der Waals surface area contributed by atoms with Crippen molar-refractivity contribution < 1.29 is 26.9 Å². The number of aryl methyl sites for hydroxylation is 1. The molecule has 0 saturated carbocycles. The number of carbonyl (C=O) groups is 1. The zero-order chi connectivity index (χ0) is 26.5. The average Bonchev–Trinajstić information content (AvgIpc) is 2.84. The molecule has 0 aliphatic carbocycles. The van der Waals surface area contributed by atoms with E-state index in [1.165, 1.54) is 17.2 Å². The number of nitrogens with one attached hydrogen (secondary N) is 1. The normalized spacial score (nSPS) is 17.7. The molecule has 1 N–H and O–H groups in total. The molecule has 1 fully saturated rings. The molecule has 3 heterocycles. The number of aromatic nitrogens is 2. The lowest BCUT2D eigenvalue weighted by Crippen LogP contribution is -2.53. The smallest absolute Gasteiger partial charge is 0.376 e. The number of rotatable bonds is 5. The Kier molecular flexibility index (Phi) is 6.19. The number of hydrogen-bond acceptors (Lipinski definition) is 6. The SMILES string of the molecule is Cc1ccc(NC2(c3cccc(C(F)(F)F)c3)COC2)cc1N1Cc2cnc(S(C)=O)nc2N(C)C1=O. The Morgan fingerprint density at radius 1 is 1.16 bits per heavy atom. The van der Waals surface area contributed by atoms with Crippen LogP contribution in [0.25, 0.3) is 0 Å². The number of urea groups is 1. The van der Waals surface area contributed by atoms with Crippen molar-refractivity contribution in [1.82, 2.24) is 9.97 Å². The van der Waals surface area contributed by atoms with Crippen molar-refractivity contribution >= 4 is 34.0 Å². The predicted octanol–water partition coefficient (Wildman–Crippen LogP) is 4.46. The number of amides is 2. The van der Waals surface area contributed by atoms with Crippen molar-refractivity contribution in [1.29, 1.82) is 0 Å². The second kappa shape index (κ2) is 9.10. The van der Waals surface area contributed by atoms with Gasteiger partial charge < -0.3 is 10.1 Å². The number of halogens is 3. The number of hydrogen-bond donors (Lipinski definition) is 1. The van der Waals surface area contributed by atoms with Gasteiger partial charge in [-0.15, -0.1) is 0 Å². The first kappa shape index (κ1) is 25.2. The molecular weight excluding hydrogens is 507 g/mol. The molecule has 8 nitrogen and oxygen atoms in total. The summed E-state index contributed by atoms with van der Waals surface area (Å²) in [4.78, 5) is 24.7. The van der Waals surface area contributed by atoms with E-state index >= 15 is 0 Å². The van der Waals surface area contributed by atoms with Crippen LogP contribution < -0.4 is 15.1 Å². The molecule has 0 spiro atoms. The van der Waals surface area contributed by atoms with E-state index < -0.39 is 28.1 Å². The third kappa shape index (κ3) is 4.55. The topological polar surface area (TPSA) is 87.7 Å². The van der Waals surface area contributed by atoms with Gasteiger partial charge in [-0.1, -0.05) is 18.2 Å². The maximum atomic E-state index is 13.3. The standard InChI is InChI=1S/C25H24F3N5O3S/c1-15-7-8-19(31-24(13-36-14-24)17-5-4-6-18(9-17)25(26,27)28)10-20(15)33-12-16-11-29-22(37(3)35)30-21(16)32(2)23(33)34/h4-11,31H,12-14H2,1-3H3. The Balaban J connectivity index is 1.47. The Hall–Kier alpha value is -3.51. The molecule has 194 valence electrons. The van der Waals surface area contributed by atoms with E-state index in [0.29, 0.717) is 28.3 Å². The van der Waals surface area contributed by atoms with Crippen molar-refractivity contribution in [3.05, 3.63) is 70.9 Å². The van der Waals surface area contributed by atoms with E-state index in [2.05, 4.69) is 15.3 Å². The molecule has 5 rings (SSSR count). The number of alkyl halides is 3. The van der Waals surface area contributed by atoms with Gasteiger partial charge in [0.05, 0.1) is 41.8 Å². The lowest BCUT2D eigenvalue weighted by Gasteiger charge is -2.43. The van der Waals surface area contributed by atoms with Crippen molar-refractivity contribution in [2.45, 2.75) is 30.3 Å². The van der Waals surface area contributed by atoms with E-state index in [0.717, 1.165) is 17.7 Å². The molecule has 0 radical (unpaired) electrons. The summed E-state index contributed by atoms with van der Waals surface area (Å²) in [6, 6.07) is 10.4. The van der Waals surface area contributed by atoms with E-state index in [1.807, 2.05) is 19.1 Å². The zero-order valence-corrected chi connectivity index (χ0v) is 21.1. The first-order chi connectivity index (χ1) is 17.5. The van der Waals surface area contributed by atoms with Crippen LogP contribution >= 0.6 is 0 Å². The van der Waals surface area contributed by atoms with Crippen LogP contribution in [0.3, 0.4) is 0 Å². The van der Waals surface area contributed by atoms with Crippen LogP contribution in [0.4, 0.5) is 35.2 Å². The van der Waals surface area contributed by atoms with Gasteiger partial charge in [-0.25, -0.2) is 14.8 Å². The molecule has 1 aromatic heterocycles. The van der Waals surface area contributed by atoms with Gasteiger partial charge in [0.1, 0.15) is 11.4 Å². The first-order valence-electron chi connectivity index (χ1n) is 11.4. The van der Waals surface area contributed by atoms with Gasteiger partial charge >= 0.3 is 12.2 Å². The number of ether oxygens (including phenoxy) is 1. The number of carbonyl (C=O) groups excluding carboxylic acids is 1. The number of fused-ring (bicyclic) bond motifs is 1.